The van der Waals surface area contributed by atoms with Crippen molar-refractivity contribution in [2.24, 2.45) is 0 Å². The van der Waals surface area contributed by atoms with E-state index in [1.807, 2.05) is 44.2 Å². The number of hydrogen-bond acceptors (Lipinski definition) is 3. The maximum absolute atomic E-state index is 12.9. The fourth-order valence-electron chi connectivity index (χ4n) is 2.58. The van der Waals surface area contributed by atoms with Crippen molar-refractivity contribution in [3.8, 4) is 0 Å². The molecule has 0 aliphatic heterocycles. The molecule has 0 aliphatic carbocycles. The van der Waals surface area contributed by atoms with E-state index in [4.69, 9.17) is 0 Å². The van der Waals surface area contributed by atoms with Crippen molar-refractivity contribution in [1.82, 2.24) is 9.62 Å². The summed E-state index contributed by atoms with van der Waals surface area (Å²) in [6.45, 7) is 3.88. The van der Waals surface area contributed by atoms with E-state index < -0.39 is 16.1 Å². The molecule has 0 spiro atoms. The van der Waals surface area contributed by atoms with E-state index in [9.17, 15) is 13.2 Å². The molecule has 0 aliphatic rings. The minimum Gasteiger partial charge on any atom is -0.348 e. The second-order valence-electron chi connectivity index (χ2n) is 6.23. The Morgan fingerprint density at radius 2 is 1.56 bits per heavy atom. The van der Waals surface area contributed by atoms with Crippen LogP contribution in [0.25, 0.3) is 0 Å². The molecule has 25 heavy (non-hydrogen) atoms. The Labute approximate surface area is 149 Å². The zero-order chi connectivity index (χ0) is 18.6. The summed E-state index contributed by atoms with van der Waals surface area (Å²) in [6.07, 6.45) is 1.10. The molecule has 1 N–H and O–H groups in total. The van der Waals surface area contributed by atoms with Gasteiger partial charge in [-0.3, -0.25) is 4.79 Å². The van der Waals surface area contributed by atoms with E-state index >= 15 is 0 Å². The lowest BCUT2D eigenvalue weighted by molar-refractivity contribution is -0.125. The second kappa shape index (κ2) is 7.80. The highest BCUT2D eigenvalue weighted by atomic mass is 32.2. The smallest absolute Gasteiger partial charge is 0.243 e. The number of amides is 1. The van der Waals surface area contributed by atoms with Crippen molar-refractivity contribution in [2.75, 3.05) is 13.3 Å². The van der Waals surface area contributed by atoms with E-state index in [0.717, 1.165) is 21.7 Å². The van der Waals surface area contributed by atoms with Crippen LogP contribution in [0.3, 0.4) is 0 Å². The van der Waals surface area contributed by atoms with E-state index in [1.165, 1.54) is 7.05 Å². The van der Waals surface area contributed by atoms with Crippen LogP contribution in [0.1, 0.15) is 35.7 Å². The number of carbonyl (C=O) groups is 1. The summed E-state index contributed by atoms with van der Waals surface area (Å²) in [5.74, 6) is -0.354. The molecule has 0 bridgehead atoms. The van der Waals surface area contributed by atoms with Crippen LogP contribution in [0.2, 0.25) is 0 Å². The first-order valence-corrected chi connectivity index (χ1v) is 9.90. The summed E-state index contributed by atoms with van der Waals surface area (Å²) < 4.78 is 25.1. The molecule has 1 amide bonds. The van der Waals surface area contributed by atoms with E-state index in [-0.39, 0.29) is 11.9 Å². The maximum Gasteiger partial charge on any atom is 0.243 e. The molecule has 0 aromatic heterocycles. The van der Waals surface area contributed by atoms with E-state index in [2.05, 4.69) is 5.32 Å². The summed E-state index contributed by atoms with van der Waals surface area (Å²) >= 11 is 0. The fraction of sp³-hybridized carbons (Fsp3) is 0.316. The van der Waals surface area contributed by atoms with Crippen LogP contribution in [0.5, 0.6) is 0 Å². The third-order valence-electron chi connectivity index (χ3n) is 4.19. The van der Waals surface area contributed by atoms with Gasteiger partial charge in [0.2, 0.25) is 15.9 Å². The van der Waals surface area contributed by atoms with Gasteiger partial charge in [0.05, 0.1) is 12.3 Å². The molecular weight excluding hydrogens is 336 g/mol. The topological polar surface area (TPSA) is 66.5 Å². The van der Waals surface area contributed by atoms with E-state index in [0.29, 0.717) is 5.56 Å². The average molecular weight is 360 g/mol. The lowest BCUT2D eigenvalue weighted by Crippen LogP contribution is -2.42. The standard InChI is InChI=1S/C19H24N2O3S/c1-14-10-12-16(13-11-14)15(2)20-19(22)18(21(3)25(4,23)24)17-8-6-5-7-9-17/h5-13,15,18H,1-4H3,(H,20,22). The number of sulfonamides is 1. The highest BCUT2D eigenvalue weighted by Crippen LogP contribution is 2.23. The van der Waals surface area contributed by atoms with Gasteiger partial charge in [-0.05, 0) is 25.0 Å². The summed E-state index contributed by atoms with van der Waals surface area (Å²) in [4.78, 5) is 12.9. The van der Waals surface area contributed by atoms with Crippen LogP contribution in [0, 0.1) is 6.92 Å². The van der Waals surface area contributed by atoms with Gasteiger partial charge in [-0.2, -0.15) is 4.31 Å². The molecule has 6 heteroatoms. The van der Waals surface area contributed by atoms with Gasteiger partial charge in [-0.25, -0.2) is 8.42 Å². The van der Waals surface area contributed by atoms with Crippen molar-refractivity contribution < 1.29 is 13.2 Å². The highest BCUT2D eigenvalue weighted by molar-refractivity contribution is 7.88. The fourth-order valence-corrected chi connectivity index (χ4v) is 3.18. The van der Waals surface area contributed by atoms with Gasteiger partial charge in [0.25, 0.3) is 0 Å². The minimum absolute atomic E-state index is 0.229. The number of rotatable bonds is 6. The molecule has 2 unspecified atom stereocenters. The predicted octanol–water partition coefficient (Wildman–Crippen LogP) is 2.80. The summed E-state index contributed by atoms with van der Waals surface area (Å²) in [5.41, 5.74) is 2.73. The lowest BCUT2D eigenvalue weighted by Gasteiger charge is -2.27. The molecule has 134 valence electrons. The van der Waals surface area contributed by atoms with Gasteiger partial charge in [0.1, 0.15) is 6.04 Å². The Bertz CT molecular complexity index is 818. The Morgan fingerprint density at radius 3 is 2.08 bits per heavy atom. The number of aryl methyl sites for hydroxylation is 1. The molecular formula is C19H24N2O3S. The van der Waals surface area contributed by atoms with Crippen molar-refractivity contribution in [1.29, 1.82) is 0 Å². The number of likely N-dealkylation sites (N-methyl/N-ethyl adjacent to an activating group) is 1. The van der Waals surface area contributed by atoms with Crippen LogP contribution >= 0.6 is 0 Å². The van der Waals surface area contributed by atoms with Crippen molar-refractivity contribution >= 4 is 15.9 Å². The van der Waals surface area contributed by atoms with Gasteiger partial charge in [0, 0.05) is 7.05 Å². The van der Waals surface area contributed by atoms with E-state index in [1.54, 1.807) is 24.3 Å². The van der Waals surface area contributed by atoms with Gasteiger partial charge in [-0.15, -0.1) is 0 Å². The molecule has 2 atom stereocenters. The zero-order valence-electron chi connectivity index (χ0n) is 14.9. The highest BCUT2D eigenvalue weighted by Gasteiger charge is 2.31. The van der Waals surface area contributed by atoms with Gasteiger partial charge in [-0.1, -0.05) is 60.2 Å². The minimum atomic E-state index is -3.53. The monoisotopic (exact) mass is 360 g/mol. The first-order chi connectivity index (χ1) is 11.7. The Morgan fingerprint density at radius 1 is 1.00 bits per heavy atom. The van der Waals surface area contributed by atoms with Crippen molar-refractivity contribution in [3.63, 3.8) is 0 Å². The van der Waals surface area contributed by atoms with Gasteiger partial charge in [0.15, 0.2) is 0 Å². The number of nitrogens with zero attached hydrogens (tertiary/aromatic N) is 1. The average Bonchev–Trinajstić information content (AvgIpc) is 2.55. The summed E-state index contributed by atoms with van der Waals surface area (Å²) in [7, 11) is -2.11. The third kappa shape index (κ3) is 4.90. The Hall–Kier alpha value is -2.18. The molecule has 0 fully saturated rings. The normalized spacial score (nSPS) is 14.1. The lowest BCUT2D eigenvalue weighted by atomic mass is 10.0. The molecule has 0 saturated heterocycles. The molecule has 0 heterocycles. The number of hydrogen-bond donors (Lipinski definition) is 1. The van der Waals surface area contributed by atoms with Crippen LogP contribution < -0.4 is 5.32 Å². The third-order valence-corrected chi connectivity index (χ3v) is 5.44. The Balaban J connectivity index is 2.28. The summed E-state index contributed by atoms with van der Waals surface area (Å²) in [5, 5.41) is 2.92. The molecule has 2 rings (SSSR count). The molecule has 2 aromatic rings. The number of carbonyl (C=O) groups excluding carboxylic acids is 1. The predicted molar refractivity (Wildman–Crippen MR) is 99.5 cm³/mol. The quantitative estimate of drug-likeness (QED) is 0.861. The summed E-state index contributed by atoms with van der Waals surface area (Å²) in [6, 6.07) is 15.6. The largest absolute Gasteiger partial charge is 0.348 e. The van der Waals surface area contributed by atoms with Crippen LogP contribution in [0.15, 0.2) is 54.6 Å². The SMILES string of the molecule is Cc1ccc(C(C)NC(=O)C(c2ccccc2)N(C)S(C)(=O)=O)cc1. The van der Waals surface area contributed by atoms with Crippen LogP contribution in [0.4, 0.5) is 0 Å². The number of nitrogens with one attached hydrogen (secondary N) is 1. The first kappa shape index (κ1) is 19.1. The maximum atomic E-state index is 12.9. The molecule has 5 nitrogen and oxygen atoms in total. The van der Waals surface area contributed by atoms with Crippen LogP contribution in [-0.2, 0) is 14.8 Å². The van der Waals surface area contributed by atoms with Gasteiger partial charge >= 0.3 is 0 Å². The van der Waals surface area contributed by atoms with Crippen molar-refractivity contribution in [3.05, 3.63) is 71.3 Å². The van der Waals surface area contributed by atoms with Crippen molar-refractivity contribution in [2.45, 2.75) is 25.9 Å². The first-order valence-electron chi connectivity index (χ1n) is 8.05. The zero-order valence-corrected chi connectivity index (χ0v) is 15.7. The molecule has 0 saturated carbocycles. The Kier molecular flexibility index (Phi) is 5.98. The van der Waals surface area contributed by atoms with Crippen LogP contribution in [-0.4, -0.2) is 31.9 Å². The number of benzene rings is 2. The second-order valence-corrected chi connectivity index (χ2v) is 8.28. The molecule has 0 radical (unpaired) electrons. The molecule has 2 aromatic carbocycles. The van der Waals surface area contributed by atoms with Gasteiger partial charge < -0.3 is 5.32 Å².